The number of rotatable bonds is 1. The molecule has 0 saturated carbocycles. The van der Waals surface area contributed by atoms with E-state index in [1.165, 1.54) is 0 Å². The molecule has 5 heteroatoms. The summed E-state index contributed by atoms with van der Waals surface area (Å²) in [5, 5.41) is 7.76. The lowest BCUT2D eigenvalue weighted by molar-refractivity contribution is 1.10. The van der Waals surface area contributed by atoms with Gasteiger partial charge in [0.05, 0.1) is 5.01 Å². The first-order chi connectivity index (χ1) is 5.31. The fourth-order valence-corrected chi connectivity index (χ4v) is 1.77. The predicted octanol–water partition coefficient (Wildman–Crippen LogP) is 1.16. The molecule has 2 aromatic rings. The normalized spacial score (nSPS) is 11.0. The SMILES string of the molecule is CCc1nc2c(N)[nH]nc2s1. The van der Waals surface area contributed by atoms with Crippen LogP contribution in [0.25, 0.3) is 10.3 Å². The summed E-state index contributed by atoms with van der Waals surface area (Å²) in [6.45, 7) is 2.07. The molecule has 0 saturated heterocycles. The van der Waals surface area contributed by atoms with E-state index in [2.05, 4.69) is 22.1 Å². The van der Waals surface area contributed by atoms with Crippen LogP contribution in [0.5, 0.6) is 0 Å². The van der Waals surface area contributed by atoms with E-state index in [0.717, 1.165) is 21.8 Å². The first-order valence-electron chi connectivity index (χ1n) is 3.40. The number of thiazole rings is 1. The molecule has 0 amide bonds. The van der Waals surface area contributed by atoms with Crippen molar-refractivity contribution in [2.24, 2.45) is 0 Å². The average molecular weight is 168 g/mol. The largest absolute Gasteiger partial charge is 0.382 e. The second-order valence-corrected chi connectivity index (χ2v) is 3.31. The first-order valence-corrected chi connectivity index (χ1v) is 4.22. The zero-order chi connectivity index (χ0) is 7.84. The van der Waals surface area contributed by atoms with Crippen LogP contribution in [0.15, 0.2) is 0 Å². The van der Waals surface area contributed by atoms with Gasteiger partial charge in [-0.05, 0) is 6.42 Å². The van der Waals surface area contributed by atoms with E-state index < -0.39 is 0 Å². The van der Waals surface area contributed by atoms with E-state index in [1.807, 2.05) is 0 Å². The lowest BCUT2D eigenvalue weighted by atomic mass is 10.5. The highest BCUT2D eigenvalue weighted by Crippen LogP contribution is 2.23. The summed E-state index contributed by atoms with van der Waals surface area (Å²) in [5.74, 6) is 0.566. The van der Waals surface area contributed by atoms with Crippen molar-refractivity contribution in [1.29, 1.82) is 0 Å². The number of fused-ring (bicyclic) bond motifs is 1. The number of nitrogens with zero attached hydrogens (tertiary/aromatic N) is 2. The molecule has 0 aliphatic heterocycles. The number of nitrogen functional groups attached to an aromatic ring is 1. The van der Waals surface area contributed by atoms with Gasteiger partial charge in [0.2, 0.25) is 0 Å². The van der Waals surface area contributed by atoms with Crippen molar-refractivity contribution >= 4 is 27.5 Å². The minimum absolute atomic E-state index is 0.566. The van der Waals surface area contributed by atoms with Crippen molar-refractivity contribution in [2.45, 2.75) is 13.3 Å². The van der Waals surface area contributed by atoms with Crippen molar-refractivity contribution in [1.82, 2.24) is 15.2 Å². The van der Waals surface area contributed by atoms with E-state index in [0.29, 0.717) is 5.82 Å². The molecule has 0 fully saturated rings. The van der Waals surface area contributed by atoms with Crippen LogP contribution in [0.3, 0.4) is 0 Å². The lowest BCUT2D eigenvalue weighted by Gasteiger charge is -1.82. The lowest BCUT2D eigenvalue weighted by Crippen LogP contribution is -1.85. The zero-order valence-electron chi connectivity index (χ0n) is 6.09. The average Bonchev–Trinajstić information content (AvgIpc) is 2.53. The second-order valence-electron chi connectivity index (χ2n) is 2.25. The molecule has 2 aromatic heterocycles. The van der Waals surface area contributed by atoms with Gasteiger partial charge in [-0.25, -0.2) is 4.98 Å². The molecule has 0 aromatic carbocycles. The third kappa shape index (κ3) is 0.883. The van der Waals surface area contributed by atoms with Crippen LogP contribution in [0.2, 0.25) is 0 Å². The Bertz CT molecular complexity index is 375. The number of H-pyrrole nitrogens is 1. The maximum Gasteiger partial charge on any atom is 0.167 e. The number of aromatic amines is 1. The van der Waals surface area contributed by atoms with Crippen LogP contribution in [0.1, 0.15) is 11.9 Å². The molecule has 3 N–H and O–H groups in total. The number of anilines is 1. The Hall–Kier alpha value is -1.10. The maximum atomic E-state index is 5.57. The van der Waals surface area contributed by atoms with E-state index in [1.54, 1.807) is 11.3 Å². The summed E-state index contributed by atoms with van der Waals surface area (Å²) in [6, 6.07) is 0. The standard InChI is InChI=1S/C6H8N4S/c1-2-3-8-4-5(7)9-10-6(4)11-3/h2H2,1H3,(H3,7,9,10). The smallest absolute Gasteiger partial charge is 0.167 e. The Morgan fingerprint density at radius 1 is 1.64 bits per heavy atom. The Labute approximate surface area is 67.4 Å². The summed E-state index contributed by atoms with van der Waals surface area (Å²) < 4.78 is 0. The third-order valence-electron chi connectivity index (χ3n) is 1.49. The molecule has 4 nitrogen and oxygen atoms in total. The third-order valence-corrected chi connectivity index (χ3v) is 2.58. The molecule has 0 aliphatic carbocycles. The maximum absolute atomic E-state index is 5.57. The van der Waals surface area contributed by atoms with Gasteiger partial charge in [0, 0.05) is 0 Å². The first kappa shape index (κ1) is 6.60. The Morgan fingerprint density at radius 2 is 2.45 bits per heavy atom. The number of nitrogens with two attached hydrogens (primary N) is 1. The summed E-state index contributed by atoms with van der Waals surface area (Å²) in [5.41, 5.74) is 6.38. The van der Waals surface area contributed by atoms with Gasteiger partial charge in [-0.1, -0.05) is 18.3 Å². The molecule has 0 unspecified atom stereocenters. The van der Waals surface area contributed by atoms with E-state index in [9.17, 15) is 0 Å². The van der Waals surface area contributed by atoms with Crippen molar-refractivity contribution in [3.8, 4) is 0 Å². The van der Waals surface area contributed by atoms with Crippen LogP contribution in [-0.4, -0.2) is 15.2 Å². The van der Waals surface area contributed by atoms with Crippen LogP contribution >= 0.6 is 11.3 Å². The highest BCUT2D eigenvalue weighted by Gasteiger charge is 2.07. The summed E-state index contributed by atoms with van der Waals surface area (Å²) in [4.78, 5) is 5.19. The monoisotopic (exact) mass is 168 g/mol. The number of aromatic nitrogens is 3. The van der Waals surface area contributed by atoms with Crippen LogP contribution in [0, 0.1) is 0 Å². The Morgan fingerprint density at radius 3 is 3.09 bits per heavy atom. The minimum Gasteiger partial charge on any atom is -0.382 e. The molecule has 0 bridgehead atoms. The summed E-state index contributed by atoms with van der Waals surface area (Å²) in [7, 11) is 0. The van der Waals surface area contributed by atoms with Gasteiger partial charge in [-0.3, -0.25) is 5.10 Å². The van der Waals surface area contributed by atoms with Crippen molar-refractivity contribution in [3.05, 3.63) is 5.01 Å². The van der Waals surface area contributed by atoms with Gasteiger partial charge in [-0.2, -0.15) is 5.10 Å². The van der Waals surface area contributed by atoms with E-state index in [4.69, 9.17) is 5.73 Å². The molecular weight excluding hydrogens is 160 g/mol. The summed E-state index contributed by atoms with van der Waals surface area (Å²) >= 11 is 1.58. The summed E-state index contributed by atoms with van der Waals surface area (Å²) in [6.07, 6.45) is 0.945. The van der Waals surface area contributed by atoms with E-state index in [-0.39, 0.29) is 0 Å². The number of hydrogen-bond donors (Lipinski definition) is 2. The molecule has 0 spiro atoms. The molecule has 58 valence electrons. The van der Waals surface area contributed by atoms with Gasteiger partial charge in [0.15, 0.2) is 4.83 Å². The molecule has 2 heterocycles. The molecule has 0 atom stereocenters. The molecule has 11 heavy (non-hydrogen) atoms. The highest BCUT2D eigenvalue weighted by molar-refractivity contribution is 7.18. The fourth-order valence-electron chi connectivity index (χ4n) is 0.922. The topological polar surface area (TPSA) is 67.6 Å². The van der Waals surface area contributed by atoms with Gasteiger partial charge >= 0.3 is 0 Å². The van der Waals surface area contributed by atoms with Crippen molar-refractivity contribution < 1.29 is 0 Å². The van der Waals surface area contributed by atoms with Gasteiger partial charge in [-0.15, -0.1) is 0 Å². The van der Waals surface area contributed by atoms with E-state index >= 15 is 0 Å². The minimum atomic E-state index is 0.566. The van der Waals surface area contributed by atoms with Crippen LogP contribution in [-0.2, 0) is 6.42 Å². The number of hydrogen-bond acceptors (Lipinski definition) is 4. The molecular formula is C6H8N4S. The van der Waals surface area contributed by atoms with Crippen LogP contribution < -0.4 is 5.73 Å². The Balaban J connectivity index is 2.70. The quantitative estimate of drug-likeness (QED) is 0.671. The highest BCUT2D eigenvalue weighted by atomic mass is 32.1. The number of nitrogens with one attached hydrogen (secondary N) is 1. The number of aryl methyl sites for hydroxylation is 1. The zero-order valence-corrected chi connectivity index (χ0v) is 6.90. The Kier molecular flexibility index (Phi) is 1.32. The molecule has 0 aliphatic rings. The second kappa shape index (κ2) is 2.20. The van der Waals surface area contributed by atoms with Gasteiger partial charge < -0.3 is 5.73 Å². The van der Waals surface area contributed by atoms with Crippen molar-refractivity contribution in [2.75, 3.05) is 5.73 Å². The van der Waals surface area contributed by atoms with Crippen LogP contribution in [0.4, 0.5) is 5.82 Å². The fraction of sp³-hybridized carbons (Fsp3) is 0.333. The van der Waals surface area contributed by atoms with Gasteiger partial charge in [0.25, 0.3) is 0 Å². The predicted molar refractivity (Wildman–Crippen MR) is 45.6 cm³/mol. The molecule has 2 rings (SSSR count). The van der Waals surface area contributed by atoms with Gasteiger partial charge in [0.1, 0.15) is 11.3 Å². The molecule has 0 radical (unpaired) electrons. The van der Waals surface area contributed by atoms with Crippen molar-refractivity contribution in [3.63, 3.8) is 0 Å².